The summed E-state index contributed by atoms with van der Waals surface area (Å²) < 4.78 is 11.3. The first-order valence-corrected chi connectivity index (χ1v) is 18.0. The van der Waals surface area contributed by atoms with E-state index in [1.807, 2.05) is 26.0 Å². The molecule has 0 aromatic carbocycles. The second-order valence-corrected chi connectivity index (χ2v) is 13.8. The topological polar surface area (TPSA) is 239 Å². The van der Waals surface area contributed by atoms with Crippen LogP contribution in [0.25, 0.3) is 0 Å². The second-order valence-electron chi connectivity index (χ2n) is 13.8. The quantitative estimate of drug-likeness (QED) is 0.0137. The zero-order valence-corrected chi connectivity index (χ0v) is 30.4. The summed E-state index contributed by atoms with van der Waals surface area (Å²) in [7, 11) is 1.50. The lowest BCUT2D eigenvalue weighted by Crippen LogP contribution is -2.50. The van der Waals surface area contributed by atoms with Gasteiger partial charge >= 0.3 is 5.97 Å². The Balaban J connectivity index is 1.63. The fraction of sp³-hybridized carbons (Fsp3) is 0.676. The first-order valence-electron chi connectivity index (χ1n) is 18.0. The minimum Gasteiger partial charge on any atom is -0.480 e. The van der Waals surface area contributed by atoms with Crippen LogP contribution in [0, 0.1) is 11.3 Å². The Hall–Kier alpha value is -3.56. The van der Waals surface area contributed by atoms with Gasteiger partial charge in [-0.05, 0) is 89.4 Å². The van der Waals surface area contributed by atoms with E-state index < -0.39 is 54.5 Å². The molecule has 0 aromatic rings. The van der Waals surface area contributed by atoms with Gasteiger partial charge < -0.3 is 52.0 Å². The number of carbonyl (C=O) groups excluding carboxylic acids is 2. The SMILES string of the molecule is C=C1CC(C(O)C(=O)NC(CCCC2(C(O)C[C@H](O)CCC/C=C/C=C/C=C/C(=O)NC(CCCN=C(N)N)C(=O)O)CC2)OC)OC(C)C1C. The Kier molecular flexibility index (Phi) is 19.1. The maximum absolute atomic E-state index is 12.7. The van der Waals surface area contributed by atoms with E-state index in [9.17, 15) is 34.8 Å². The highest BCUT2D eigenvalue weighted by atomic mass is 16.5. The summed E-state index contributed by atoms with van der Waals surface area (Å²) in [5.74, 6) is -2.12. The standard InChI is InChI=1S/C37H61N5O9/c1-24-22-29(51-26(3)25(24)2)33(46)34(47)42-32(50-4)17-12-18-37(19-20-37)30(44)23-27(43)14-10-8-6-5-7-9-11-16-31(45)41-28(35(48)49)15-13-21-40-36(38)39/h5-7,9,11,16,25-30,32-33,43-44,46H,1,8,10,12-15,17-23H2,2-4H3,(H,41,45)(H,42,47)(H,48,49)(H4,38,39,40)/b6-5+,9-7+,16-11+/t25?,26?,27-,28?,29?,30?,32?,33?/m1/s1. The molecule has 51 heavy (non-hydrogen) atoms. The summed E-state index contributed by atoms with van der Waals surface area (Å²) in [4.78, 5) is 39.9. The van der Waals surface area contributed by atoms with Gasteiger partial charge in [-0.15, -0.1) is 0 Å². The van der Waals surface area contributed by atoms with Crippen molar-refractivity contribution in [1.82, 2.24) is 10.6 Å². The van der Waals surface area contributed by atoms with Crippen molar-refractivity contribution in [3.05, 3.63) is 48.6 Å². The Morgan fingerprint density at radius 3 is 2.37 bits per heavy atom. The molecule has 0 radical (unpaired) electrons. The van der Waals surface area contributed by atoms with E-state index in [2.05, 4.69) is 22.2 Å². The van der Waals surface area contributed by atoms with Crippen molar-refractivity contribution in [2.24, 2.45) is 27.8 Å². The molecule has 1 saturated heterocycles. The Morgan fingerprint density at radius 2 is 1.75 bits per heavy atom. The number of carboxylic acids is 1. The summed E-state index contributed by atoms with van der Waals surface area (Å²) in [6, 6.07) is -1.04. The molecule has 0 bridgehead atoms. The highest BCUT2D eigenvalue weighted by molar-refractivity contribution is 5.91. The number of rotatable bonds is 24. The molecule has 2 aliphatic rings. The molecule has 288 valence electrons. The van der Waals surface area contributed by atoms with Gasteiger partial charge in [0.15, 0.2) is 12.1 Å². The lowest BCUT2D eigenvalue weighted by Gasteiger charge is -2.36. The minimum absolute atomic E-state index is 0.0716. The van der Waals surface area contributed by atoms with Crippen LogP contribution in [0.5, 0.6) is 0 Å². The number of carbonyl (C=O) groups is 3. The van der Waals surface area contributed by atoms with Gasteiger partial charge in [-0.1, -0.05) is 49.5 Å². The average Bonchev–Trinajstić information content (AvgIpc) is 3.87. The number of aliphatic hydroxyl groups is 3. The van der Waals surface area contributed by atoms with E-state index in [0.29, 0.717) is 38.5 Å². The van der Waals surface area contributed by atoms with Crippen LogP contribution in [0.4, 0.5) is 0 Å². The number of unbranched alkanes of at least 4 members (excludes halogenated alkanes) is 1. The van der Waals surface area contributed by atoms with Crippen LogP contribution in [0.1, 0.15) is 90.9 Å². The fourth-order valence-corrected chi connectivity index (χ4v) is 6.14. The van der Waals surface area contributed by atoms with E-state index in [4.69, 9.17) is 20.9 Å². The van der Waals surface area contributed by atoms with E-state index >= 15 is 0 Å². The molecule has 2 rings (SSSR count). The van der Waals surface area contributed by atoms with Crippen molar-refractivity contribution < 1.29 is 44.3 Å². The van der Waals surface area contributed by atoms with Crippen LogP contribution in [-0.2, 0) is 23.9 Å². The summed E-state index contributed by atoms with van der Waals surface area (Å²) >= 11 is 0. The van der Waals surface area contributed by atoms with Crippen molar-refractivity contribution >= 4 is 23.7 Å². The molecule has 7 unspecified atom stereocenters. The largest absolute Gasteiger partial charge is 0.480 e. The second kappa shape index (κ2) is 22.4. The lowest BCUT2D eigenvalue weighted by molar-refractivity contribution is -0.150. The van der Waals surface area contributed by atoms with Gasteiger partial charge in [0.25, 0.3) is 5.91 Å². The van der Waals surface area contributed by atoms with Crippen LogP contribution in [0.15, 0.2) is 53.6 Å². The molecular formula is C37H61N5O9. The van der Waals surface area contributed by atoms with Gasteiger partial charge in [0.1, 0.15) is 12.3 Å². The molecule has 14 nitrogen and oxygen atoms in total. The predicted octanol–water partition coefficient (Wildman–Crippen LogP) is 2.33. The maximum Gasteiger partial charge on any atom is 0.326 e. The van der Waals surface area contributed by atoms with Crippen molar-refractivity contribution in [3.8, 4) is 0 Å². The molecule has 0 spiro atoms. The number of aliphatic carboxylic acids is 1. The molecule has 10 N–H and O–H groups in total. The van der Waals surface area contributed by atoms with Gasteiger partial charge in [-0.2, -0.15) is 0 Å². The zero-order chi connectivity index (χ0) is 38.0. The first kappa shape index (κ1) is 43.6. The molecule has 0 aromatic heterocycles. The summed E-state index contributed by atoms with van der Waals surface area (Å²) in [5.41, 5.74) is 11.2. The van der Waals surface area contributed by atoms with Gasteiger partial charge in [-0.25, -0.2) is 4.79 Å². The molecule has 2 amide bonds. The molecule has 1 aliphatic carbocycles. The number of hydrogen-bond donors (Lipinski definition) is 8. The van der Waals surface area contributed by atoms with E-state index in [0.717, 1.165) is 37.7 Å². The number of aliphatic hydroxyl groups excluding tert-OH is 3. The number of nitrogens with zero attached hydrogens (tertiary/aromatic N) is 1. The maximum atomic E-state index is 12.7. The molecule has 1 aliphatic heterocycles. The van der Waals surface area contributed by atoms with Gasteiger partial charge in [0.2, 0.25) is 5.91 Å². The molecule has 1 saturated carbocycles. The number of carboxylic acid groups (broad SMARTS) is 1. The minimum atomic E-state index is -1.33. The van der Waals surface area contributed by atoms with Gasteiger partial charge in [-0.3, -0.25) is 14.6 Å². The average molecular weight is 720 g/mol. The van der Waals surface area contributed by atoms with Crippen molar-refractivity contribution in [3.63, 3.8) is 0 Å². The monoisotopic (exact) mass is 719 g/mol. The molecule has 8 atom stereocenters. The number of allylic oxidation sites excluding steroid dienone is 5. The number of hydrogen-bond acceptors (Lipinski definition) is 9. The third-order valence-corrected chi connectivity index (χ3v) is 9.83. The van der Waals surface area contributed by atoms with Crippen LogP contribution in [0.3, 0.4) is 0 Å². The molecule has 14 heteroatoms. The third-order valence-electron chi connectivity index (χ3n) is 9.83. The Morgan fingerprint density at radius 1 is 1.04 bits per heavy atom. The highest BCUT2D eigenvalue weighted by Crippen LogP contribution is 2.54. The zero-order valence-electron chi connectivity index (χ0n) is 30.4. The van der Waals surface area contributed by atoms with Crippen LogP contribution < -0.4 is 22.1 Å². The smallest absolute Gasteiger partial charge is 0.326 e. The Bertz CT molecular complexity index is 1240. The molecule has 2 fully saturated rings. The van der Waals surface area contributed by atoms with Gasteiger partial charge in [0, 0.05) is 25.6 Å². The number of amides is 2. The summed E-state index contributed by atoms with van der Waals surface area (Å²) in [6.07, 6.45) is 13.1. The van der Waals surface area contributed by atoms with Crippen LogP contribution in [-0.4, -0.2) is 101 Å². The van der Waals surface area contributed by atoms with Crippen molar-refractivity contribution in [1.29, 1.82) is 0 Å². The lowest BCUT2D eigenvalue weighted by atomic mass is 9.87. The fourth-order valence-electron chi connectivity index (χ4n) is 6.14. The number of nitrogens with two attached hydrogens (primary N) is 2. The number of guanidine groups is 1. The third kappa shape index (κ3) is 16.1. The first-order chi connectivity index (χ1) is 24.2. The number of nitrogens with one attached hydrogen (secondary N) is 2. The van der Waals surface area contributed by atoms with E-state index in [1.54, 1.807) is 12.2 Å². The number of methoxy groups -OCH3 is 1. The number of aliphatic imine (C=N–C) groups is 1. The van der Waals surface area contributed by atoms with E-state index in [1.165, 1.54) is 19.3 Å². The molecular weight excluding hydrogens is 658 g/mol. The van der Waals surface area contributed by atoms with Crippen LogP contribution in [0.2, 0.25) is 0 Å². The molecule has 1 heterocycles. The summed E-state index contributed by atoms with van der Waals surface area (Å²) in [6.45, 7) is 8.25. The number of ether oxygens (including phenoxy) is 2. The summed E-state index contributed by atoms with van der Waals surface area (Å²) in [5, 5.41) is 46.6. The van der Waals surface area contributed by atoms with Crippen molar-refractivity contribution in [2.45, 2.75) is 134 Å². The highest BCUT2D eigenvalue weighted by Gasteiger charge is 2.48. The van der Waals surface area contributed by atoms with Crippen LogP contribution >= 0.6 is 0 Å². The van der Waals surface area contributed by atoms with Gasteiger partial charge in [0.05, 0.1) is 24.4 Å². The van der Waals surface area contributed by atoms with E-state index in [-0.39, 0.29) is 36.4 Å². The van der Waals surface area contributed by atoms with Crippen molar-refractivity contribution in [2.75, 3.05) is 13.7 Å². The predicted molar refractivity (Wildman–Crippen MR) is 195 cm³/mol. The normalized spacial score (nSPS) is 23.1. The Labute approximate surface area is 302 Å².